The molecule has 0 aliphatic rings. The van der Waals surface area contributed by atoms with Crippen LogP contribution in [-0.2, 0) is 19.7 Å². The van der Waals surface area contributed by atoms with Gasteiger partial charge in [-0.1, -0.05) is 0 Å². The Morgan fingerprint density at radius 3 is 1.89 bits per heavy atom. The fourth-order valence-corrected chi connectivity index (χ4v) is 1.16. The van der Waals surface area contributed by atoms with Gasteiger partial charge >= 0.3 is 101 Å². The Labute approximate surface area is 175 Å². The van der Waals surface area contributed by atoms with E-state index in [0.29, 0.717) is 0 Å². The molecule has 1 atom stereocenters. The predicted molar refractivity (Wildman–Crippen MR) is 51.4 cm³/mol. The Hall–Kier alpha value is 1.81. The SMILES string of the molecule is O=C(O)C[C@H](NCCS(=O)(=O)O)C(=O)O.[H-].[H-].[H-].[Na+].[Na+].[Na+]. The maximum Gasteiger partial charge on any atom is 1.00 e. The van der Waals surface area contributed by atoms with Gasteiger partial charge in [-0.05, 0) is 0 Å². The molecule has 0 fully saturated rings. The van der Waals surface area contributed by atoms with Crippen LogP contribution in [0.3, 0.4) is 0 Å². The van der Waals surface area contributed by atoms with Gasteiger partial charge in [-0.15, -0.1) is 0 Å². The summed E-state index contributed by atoms with van der Waals surface area (Å²) in [5, 5.41) is 19.0. The molecule has 12 heteroatoms. The molecule has 94 valence electrons. The zero-order chi connectivity index (χ0) is 12.1. The molecule has 0 radical (unpaired) electrons. The molecule has 0 amide bonds. The summed E-state index contributed by atoms with van der Waals surface area (Å²) >= 11 is 0. The Kier molecular flexibility index (Phi) is 21.5. The maximum atomic E-state index is 10.5. The molecule has 0 bridgehead atoms. The molecule has 0 saturated heterocycles. The summed E-state index contributed by atoms with van der Waals surface area (Å²) < 4.78 is 28.8. The first-order valence-electron chi connectivity index (χ1n) is 3.85. The van der Waals surface area contributed by atoms with E-state index in [9.17, 15) is 18.0 Å². The van der Waals surface area contributed by atoms with Gasteiger partial charge in [0.2, 0.25) is 0 Å². The molecule has 0 spiro atoms. The molecule has 0 aromatic heterocycles. The molecule has 4 N–H and O–H groups in total. The second-order valence-electron chi connectivity index (χ2n) is 2.73. The van der Waals surface area contributed by atoms with E-state index in [1.54, 1.807) is 0 Å². The van der Waals surface area contributed by atoms with Gasteiger partial charge < -0.3 is 19.8 Å². The van der Waals surface area contributed by atoms with Crippen LogP contribution in [0.4, 0.5) is 0 Å². The fourth-order valence-electron chi connectivity index (χ4n) is 0.784. The van der Waals surface area contributed by atoms with Gasteiger partial charge in [-0.25, -0.2) is 0 Å². The van der Waals surface area contributed by atoms with Crippen molar-refractivity contribution in [2.24, 2.45) is 0 Å². The summed E-state index contributed by atoms with van der Waals surface area (Å²) in [4.78, 5) is 20.7. The number of carboxylic acids is 2. The number of aliphatic carboxylic acids is 2. The average molecular weight is 313 g/mol. The van der Waals surface area contributed by atoms with Crippen LogP contribution in [-0.4, -0.2) is 53.5 Å². The number of rotatable bonds is 7. The van der Waals surface area contributed by atoms with Crippen molar-refractivity contribution in [3.8, 4) is 0 Å². The third kappa shape index (κ3) is 17.8. The van der Waals surface area contributed by atoms with Crippen LogP contribution in [0.5, 0.6) is 0 Å². The quantitative estimate of drug-likeness (QED) is 0.268. The zero-order valence-electron chi connectivity index (χ0n) is 13.6. The van der Waals surface area contributed by atoms with Crippen molar-refractivity contribution in [3.05, 3.63) is 0 Å². The third-order valence-corrected chi connectivity index (χ3v) is 2.15. The van der Waals surface area contributed by atoms with Gasteiger partial charge in [-0.2, -0.15) is 8.42 Å². The Balaban J connectivity index is -0.0000000653. The summed E-state index contributed by atoms with van der Waals surface area (Å²) in [5.74, 6) is -3.38. The van der Waals surface area contributed by atoms with E-state index >= 15 is 0 Å². The minimum atomic E-state index is -4.18. The predicted octanol–water partition coefficient (Wildman–Crippen LogP) is -10.3. The molecule has 0 aliphatic carbocycles. The van der Waals surface area contributed by atoms with Gasteiger partial charge in [0.25, 0.3) is 10.1 Å². The van der Waals surface area contributed by atoms with Gasteiger partial charge in [0.1, 0.15) is 6.04 Å². The minimum Gasteiger partial charge on any atom is -1.00 e. The Bertz CT molecular complexity index is 360. The molecule has 0 aromatic rings. The smallest absolute Gasteiger partial charge is 1.00 e. The van der Waals surface area contributed by atoms with E-state index < -0.39 is 40.3 Å². The number of hydrogen-bond acceptors (Lipinski definition) is 5. The van der Waals surface area contributed by atoms with E-state index in [0.717, 1.165) is 0 Å². The van der Waals surface area contributed by atoms with Crippen LogP contribution in [0.1, 0.15) is 10.7 Å². The largest absolute Gasteiger partial charge is 1.00 e. The normalized spacial score (nSPS) is 11.2. The maximum absolute atomic E-state index is 10.5. The number of nitrogens with one attached hydrogen (secondary N) is 1. The van der Waals surface area contributed by atoms with Crippen molar-refractivity contribution in [1.82, 2.24) is 5.32 Å². The first-order valence-corrected chi connectivity index (χ1v) is 5.46. The summed E-state index contributed by atoms with van der Waals surface area (Å²) in [5.41, 5.74) is 0. The molecule has 0 aliphatic heterocycles. The van der Waals surface area contributed by atoms with E-state index in [4.69, 9.17) is 14.8 Å². The van der Waals surface area contributed by atoms with Crippen LogP contribution in [0, 0.1) is 0 Å². The van der Waals surface area contributed by atoms with Crippen molar-refractivity contribution in [3.63, 3.8) is 0 Å². The molecule has 0 aromatic carbocycles. The van der Waals surface area contributed by atoms with Crippen molar-refractivity contribution in [2.45, 2.75) is 12.5 Å². The number of carboxylic acid groups (broad SMARTS) is 2. The molecule has 0 heterocycles. The standard InChI is InChI=1S/C6H11NO7S.3Na.3H/c8-5(9)3-4(6(10)11)7-1-2-15(12,13)14;;;;;;/h4,7H,1-3H2,(H,8,9)(H,10,11)(H,12,13,14);;;;;;/q;3*+1;3*-1/t4-;;;;;;/m0....../s1. The van der Waals surface area contributed by atoms with Crippen LogP contribution < -0.4 is 94.0 Å². The van der Waals surface area contributed by atoms with E-state index in [2.05, 4.69) is 5.32 Å². The van der Waals surface area contributed by atoms with Crippen molar-refractivity contribution in [1.29, 1.82) is 0 Å². The summed E-state index contributed by atoms with van der Waals surface area (Å²) in [7, 11) is -4.18. The van der Waals surface area contributed by atoms with Gasteiger partial charge in [-0.3, -0.25) is 14.1 Å². The van der Waals surface area contributed by atoms with Crippen LogP contribution in [0.15, 0.2) is 0 Å². The van der Waals surface area contributed by atoms with Crippen molar-refractivity contribution in [2.75, 3.05) is 12.3 Å². The van der Waals surface area contributed by atoms with Crippen molar-refractivity contribution >= 4 is 22.1 Å². The fraction of sp³-hybridized carbons (Fsp3) is 0.667. The molecule has 18 heavy (non-hydrogen) atoms. The van der Waals surface area contributed by atoms with Crippen molar-refractivity contribution < 1.29 is 126 Å². The van der Waals surface area contributed by atoms with Gasteiger partial charge in [0, 0.05) is 6.54 Å². The summed E-state index contributed by atoms with van der Waals surface area (Å²) in [6.45, 7) is -0.330. The summed E-state index contributed by atoms with van der Waals surface area (Å²) in [6, 6.07) is -1.37. The topological polar surface area (TPSA) is 141 Å². The number of carbonyl (C=O) groups is 2. The molecule has 8 nitrogen and oxygen atoms in total. The van der Waals surface area contributed by atoms with Gasteiger partial charge in [0.15, 0.2) is 0 Å². The molecule has 0 rings (SSSR count). The van der Waals surface area contributed by atoms with Crippen LogP contribution in [0.2, 0.25) is 0 Å². The molecule has 0 saturated carbocycles. The second kappa shape index (κ2) is 13.8. The molecular weight excluding hydrogens is 299 g/mol. The Morgan fingerprint density at radius 1 is 1.17 bits per heavy atom. The van der Waals surface area contributed by atoms with E-state index in [1.165, 1.54) is 0 Å². The second-order valence-corrected chi connectivity index (χ2v) is 4.30. The summed E-state index contributed by atoms with van der Waals surface area (Å²) in [6.07, 6.45) is -0.666. The average Bonchev–Trinajstić information content (AvgIpc) is 1.99. The monoisotopic (exact) mass is 313 g/mol. The number of hydrogen-bond donors (Lipinski definition) is 4. The molecule has 0 unspecified atom stereocenters. The molecular formula is C6H14NNa3O7S. The van der Waals surface area contributed by atoms with E-state index in [-0.39, 0.29) is 99.5 Å². The van der Waals surface area contributed by atoms with Crippen LogP contribution >= 0.6 is 0 Å². The third-order valence-electron chi connectivity index (χ3n) is 1.43. The zero-order valence-corrected chi connectivity index (χ0v) is 17.4. The van der Waals surface area contributed by atoms with E-state index in [1.807, 2.05) is 0 Å². The van der Waals surface area contributed by atoms with Gasteiger partial charge in [0.05, 0.1) is 12.2 Å². The Morgan fingerprint density at radius 2 is 1.61 bits per heavy atom. The minimum absolute atomic E-state index is 0. The first kappa shape index (κ1) is 28.0. The first-order chi connectivity index (χ1) is 6.72. The van der Waals surface area contributed by atoms with Crippen LogP contribution in [0.25, 0.3) is 0 Å².